The first-order valence-corrected chi connectivity index (χ1v) is 9.17. The molecular formula is C19H13Cl2FN4OS. The summed E-state index contributed by atoms with van der Waals surface area (Å²) < 4.78 is 13.4. The minimum Gasteiger partial charge on any atom is -0.340 e. The summed E-state index contributed by atoms with van der Waals surface area (Å²) in [5, 5.41) is 8.54. The molecule has 0 aliphatic carbocycles. The Labute approximate surface area is 175 Å². The van der Waals surface area contributed by atoms with Crippen molar-refractivity contribution in [3.05, 3.63) is 76.0 Å². The van der Waals surface area contributed by atoms with Gasteiger partial charge in [0.05, 0.1) is 15.4 Å². The van der Waals surface area contributed by atoms with Crippen LogP contribution in [0, 0.1) is 5.82 Å². The van der Waals surface area contributed by atoms with E-state index in [0.29, 0.717) is 33.0 Å². The Morgan fingerprint density at radius 2 is 1.89 bits per heavy atom. The van der Waals surface area contributed by atoms with Gasteiger partial charge in [0.25, 0.3) is 5.91 Å². The molecule has 1 amide bonds. The van der Waals surface area contributed by atoms with Crippen molar-refractivity contribution < 1.29 is 9.18 Å². The molecule has 2 N–H and O–H groups in total. The number of rotatable bonds is 4. The second-order valence-corrected chi connectivity index (χ2v) is 6.99. The number of anilines is 3. The van der Waals surface area contributed by atoms with Gasteiger partial charge < -0.3 is 10.6 Å². The highest BCUT2D eigenvalue weighted by Gasteiger charge is 2.10. The van der Waals surface area contributed by atoms with E-state index in [2.05, 4.69) is 20.6 Å². The molecule has 0 spiro atoms. The molecule has 0 fully saturated rings. The lowest BCUT2D eigenvalue weighted by molar-refractivity contribution is 0.103. The number of benzene rings is 2. The standard InChI is InChI=1S/C19H12ClFN4OS.ClH/c20-14-9-12(3-5-15(14)21)24-18-13-8-11(4-6-16(13)22-10-23-18)25-19(26)17-2-1-7-27-17;/h1-10H,(H,25,26)(H,22,23,24);1H. The largest absolute Gasteiger partial charge is 0.340 e. The maximum absolute atomic E-state index is 13.4. The van der Waals surface area contributed by atoms with Gasteiger partial charge in [-0.1, -0.05) is 17.7 Å². The molecule has 2 aromatic heterocycles. The summed E-state index contributed by atoms with van der Waals surface area (Å²) in [6.07, 6.45) is 1.43. The molecule has 142 valence electrons. The molecular weight excluding hydrogens is 422 g/mol. The number of nitrogens with one attached hydrogen (secondary N) is 2. The van der Waals surface area contributed by atoms with Crippen molar-refractivity contribution in [1.29, 1.82) is 0 Å². The fourth-order valence-corrected chi connectivity index (χ4v) is 3.34. The van der Waals surface area contributed by atoms with Crippen molar-refractivity contribution in [2.45, 2.75) is 0 Å². The molecule has 2 heterocycles. The van der Waals surface area contributed by atoms with Crippen molar-refractivity contribution in [3.8, 4) is 0 Å². The van der Waals surface area contributed by atoms with E-state index in [1.165, 1.54) is 29.8 Å². The number of hydrogen-bond acceptors (Lipinski definition) is 5. The third kappa shape index (κ3) is 4.22. The first-order chi connectivity index (χ1) is 13.1. The highest BCUT2D eigenvalue weighted by atomic mass is 35.5. The first kappa shape index (κ1) is 20.0. The molecule has 0 aliphatic heterocycles. The maximum atomic E-state index is 13.4. The smallest absolute Gasteiger partial charge is 0.265 e. The van der Waals surface area contributed by atoms with Crippen LogP contribution < -0.4 is 10.6 Å². The average molecular weight is 435 g/mol. The number of nitrogens with zero attached hydrogens (tertiary/aromatic N) is 2. The summed E-state index contributed by atoms with van der Waals surface area (Å²) in [4.78, 5) is 21.4. The second kappa shape index (κ2) is 8.52. The van der Waals surface area contributed by atoms with Crippen LogP contribution in [0.5, 0.6) is 0 Å². The fourth-order valence-electron chi connectivity index (χ4n) is 2.55. The van der Waals surface area contributed by atoms with Gasteiger partial charge in [0.2, 0.25) is 0 Å². The van der Waals surface area contributed by atoms with E-state index in [9.17, 15) is 9.18 Å². The van der Waals surface area contributed by atoms with Gasteiger partial charge in [-0.25, -0.2) is 14.4 Å². The van der Waals surface area contributed by atoms with E-state index in [1.807, 2.05) is 11.4 Å². The van der Waals surface area contributed by atoms with E-state index >= 15 is 0 Å². The van der Waals surface area contributed by atoms with Gasteiger partial charge in [-0.3, -0.25) is 4.79 Å². The molecule has 0 bridgehead atoms. The predicted molar refractivity (Wildman–Crippen MR) is 114 cm³/mol. The Bertz CT molecular complexity index is 1140. The molecule has 4 rings (SSSR count). The SMILES string of the molecule is Cl.O=C(Nc1ccc2ncnc(Nc3ccc(F)c(Cl)c3)c2c1)c1cccs1. The minimum absolute atomic E-state index is 0. The molecule has 2 aromatic carbocycles. The molecule has 0 unspecified atom stereocenters. The van der Waals surface area contributed by atoms with Crippen LogP contribution in [-0.4, -0.2) is 15.9 Å². The highest BCUT2D eigenvalue weighted by Crippen LogP contribution is 2.28. The quantitative estimate of drug-likeness (QED) is 0.419. The molecule has 0 saturated carbocycles. The van der Waals surface area contributed by atoms with E-state index in [4.69, 9.17) is 11.6 Å². The van der Waals surface area contributed by atoms with Gasteiger partial charge in [0, 0.05) is 16.8 Å². The topological polar surface area (TPSA) is 66.9 Å². The number of halogens is 3. The highest BCUT2D eigenvalue weighted by molar-refractivity contribution is 7.12. The fraction of sp³-hybridized carbons (Fsp3) is 0. The van der Waals surface area contributed by atoms with Crippen molar-refractivity contribution in [3.63, 3.8) is 0 Å². The lowest BCUT2D eigenvalue weighted by Gasteiger charge is -2.10. The lowest BCUT2D eigenvalue weighted by Crippen LogP contribution is -2.10. The van der Waals surface area contributed by atoms with Gasteiger partial charge >= 0.3 is 0 Å². The Kier molecular flexibility index (Phi) is 6.08. The Morgan fingerprint density at radius 3 is 2.64 bits per heavy atom. The molecule has 4 aromatic rings. The van der Waals surface area contributed by atoms with Gasteiger partial charge in [-0.15, -0.1) is 23.7 Å². The molecule has 0 aliphatic rings. The number of carbonyl (C=O) groups is 1. The lowest BCUT2D eigenvalue weighted by atomic mass is 10.2. The molecule has 9 heteroatoms. The zero-order valence-electron chi connectivity index (χ0n) is 14.1. The van der Waals surface area contributed by atoms with Crippen LogP contribution in [0.25, 0.3) is 10.9 Å². The van der Waals surface area contributed by atoms with Crippen LogP contribution >= 0.6 is 35.3 Å². The molecule has 0 atom stereocenters. The van der Waals surface area contributed by atoms with E-state index in [0.717, 1.165) is 0 Å². The van der Waals surface area contributed by atoms with Crippen LogP contribution in [0.4, 0.5) is 21.6 Å². The summed E-state index contributed by atoms with van der Waals surface area (Å²) in [5.41, 5.74) is 1.92. The third-order valence-electron chi connectivity index (χ3n) is 3.82. The molecule has 5 nitrogen and oxygen atoms in total. The molecule has 28 heavy (non-hydrogen) atoms. The van der Waals surface area contributed by atoms with Crippen molar-refractivity contribution >= 4 is 69.3 Å². The van der Waals surface area contributed by atoms with Crippen LogP contribution in [0.3, 0.4) is 0 Å². The summed E-state index contributed by atoms with van der Waals surface area (Å²) >= 11 is 7.20. The number of carbonyl (C=O) groups excluding carboxylic acids is 1. The molecule has 0 saturated heterocycles. The Hall–Kier alpha value is -2.74. The maximum Gasteiger partial charge on any atom is 0.265 e. The van der Waals surface area contributed by atoms with Gasteiger partial charge in [-0.05, 0) is 47.8 Å². The number of thiophene rings is 1. The second-order valence-electron chi connectivity index (χ2n) is 5.64. The first-order valence-electron chi connectivity index (χ1n) is 7.92. The van der Waals surface area contributed by atoms with Gasteiger partial charge in [0.15, 0.2) is 0 Å². The predicted octanol–water partition coefficient (Wildman–Crippen LogP) is 5.90. The Balaban J connectivity index is 0.00000225. The summed E-state index contributed by atoms with van der Waals surface area (Å²) in [5.74, 6) is -0.149. The van der Waals surface area contributed by atoms with Crippen molar-refractivity contribution in [2.75, 3.05) is 10.6 Å². The minimum atomic E-state index is -0.492. The van der Waals surface area contributed by atoms with E-state index in [1.54, 1.807) is 30.3 Å². The van der Waals surface area contributed by atoms with Crippen LogP contribution in [0.2, 0.25) is 5.02 Å². The zero-order chi connectivity index (χ0) is 18.8. The monoisotopic (exact) mass is 434 g/mol. The van der Waals surface area contributed by atoms with Crippen molar-refractivity contribution in [1.82, 2.24) is 9.97 Å². The van der Waals surface area contributed by atoms with Gasteiger partial charge in [0.1, 0.15) is 18.0 Å². The molecule has 0 radical (unpaired) electrons. The third-order valence-corrected chi connectivity index (χ3v) is 4.98. The van der Waals surface area contributed by atoms with Crippen LogP contribution in [0.15, 0.2) is 60.2 Å². The van der Waals surface area contributed by atoms with Crippen LogP contribution in [0.1, 0.15) is 9.67 Å². The van der Waals surface area contributed by atoms with Crippen LogP contribution in [-0.2, 0) is 0 Å². The van der Waals surface area contributed by atoms with Gasteiger partial charge in [-0.2, -0.15) is 0 Å². The number of aromatic nitrogens is 2. The average Bonchev–Trinajstić information content (AvgIpc) is 3.20. The number of fused-ring (bicyclic) bond motifs is 1. The summed E-state index contributed by atoms with van der Waals surface area (Å²) in [6.45, 7) is 0. The number of amides is 1. The number of hydrogen-bond donors (Lipinski definition) is 2. The van der Waals surface area contributed by atoms with E-state index in [-0.39, 0.29) is 23.3 Å². The zero-order valence-corrected chi connectivity index (χ0v) is 16.5. The summed E-state index contributed by atoms with van der Waals surface area (Å²) in [6, 6.07) is 13.3. The van der Waals surface area contributed by atoms with E-state index < -0.39 is 5.82 Å². The Morgan fingerprint density at radius 1 is 1.07 bits per heavy atom. The van der Waals surface area contributed by atoms with Crippen molar-refractivity contribution in [2.24, 2.45) is 0 Å². The normalized spacial score (nSPS) is 10.4. The summed E-state index contributed by atoms with van der Waals surface area (Å²) in [7, 11) is 0.